The summed E-state index contributed by atoms with van der Waals surface area (Å²) in [7, 11) is 0. The molecule has 1 fully saturated rings. The van der Waals surface area contributed by atoms with Gasteiger partial charge >= 0.3 is 0 Å². The molecule has 1 atom stereocenters. The Bertz CT molecular complexity index is 1070. The zero-order chi connectivity index (χ0) is 22.6. The molecule has 166 valence electrons. The number of morpholine rings is 1. The zero-order valence-corrected chi connectivity index (χ0v) is 18.2. The average molecular weight is 434 g/mol. The lowest BCUT2D eigenvalue weighted by Crippen LogP contribution is -2.62. The Hall–Kier alpha value is -3.52. The van der Waals surface area contributed by atoms with Crippen LogP contribution in [0.15, 0.2) is 60.9 Å². The van der Waals surface area contributed by atoms with Gasteiger partial charge in [0.1, 0.15) is 6.33 Å². The van der Waals surface area contributed by atoms with Crippen LogP contribution in [0, 0.1) is 0 Å². The van der Waals surface area contributed by atoms with Gasteiger partial charge in [0, 0.05) is 19.0 Å². The Labute approximate surface area is 187 Å². The highest BCUT2D eigenvalue weighted by Gasteiger charge is 2.45. The smallest absolute Gasteiger partial charge is 0.291 e. The first kappa shape index (κ1) is 21.7. The molecule has 1 saturated heterocycles. The minimum atomic E-state index is -1.20. The predicted molar refractivity (Wildman–Crippen MR) is 120 cm³/mol. The highest BCUT2D eigenvalue weighted by atomic mass is 16.5. The molecule has 8 heteroatoms. The van der Waals surface area contributed by atoms with E-state index in [1.807, 2.05) is 50.2 Å². The molecule has 0 spiro atoms. The molecule has 0 bridgehead atoms. The molecule has 1 aliphatic heterocycles. The van der Waals surface area contributed by atoms with Crippen molar-refractivity contribution in [2.24, 2.45) is 0 Å². The lowest BCUT2D eigenvalue weighted by molar-refractivity contribution is -0.157. The van der Waals surface area contributed by atoms with Crippen LogP contribution in [0.3, 0.4) is 0 Å². The maximum absolute atomic E-state index is 13.3. The molecule has 0 unspecified atom stereocenters. The summed E-state index contributed by atoms with van der Waals surface area (Å²) in [5.74, 6) is -0.380. The van der Waals surface area contributed by atoms with Crippen LogP contribution in [0.4, 0.5) is 0 Å². The summed E-state index contributed by atoms with van der Waals surface area (Å²) < 4.78 is 6.12. The molecular formula is C24H27N5O3. The van der Waals surface area contributed by atoms with E-state index in [2.05, 4.69) is 38.7 Å². The third-order valence-electron chi connectivity index (χ3n) is 5.45. The zero-order valence-electron chi connectivity index (χ0n) is 18.2. The van der Waals surface area contributed by atoms with Crippen molar-refractivity contribution in [2.75, 3.05) is 19.7 Å². The summed E-state index contributed by atoms with van der Waals surface area (Å²) in [6.07, 6.45) is 1.63. The van der Waals surface area contributed by atoms with Crippen LogP contribution in [-0.4, -0.2) is 63.2 Å². The molecule has 8 nitrogen and oxygen atoms in total. The Morgan fingerprint density at radius 2 is 1.94 bits per heavy atom. The second-order valence-corrected chi connectivity index (χ2v) is 8.27. The number of aromatic amines is 1. The van der Waals surface area contributed by atoms with Crippen LogP contribution >= 0.6 is 0 Å². The Morgan fingerprint density at radius 3 is 2.66 bits per heavy atom. The normalized spacial score (nSPS) is 18.5. The van der Waals surface area contributed by atoms with Gasteiger partial charge < -0.3 is 15.0 Å². The summed E-state index contributed by atoms with van der Waals surface area (Å²) in [6, 6.07) is 18.1. The number of hydrogen-bond donors (Lipinski definition) is 2. The van der Waals surface area contributed by atoms with Gasteiger partial charge in [0.15, 0.2) is 5.60 Å². The molecule has 1 aliphatic rings. The fourth-order valence-corrected chi connectivity index (χ4v) is 3.96. The number of hydrogen-bond acceptors (Lipinski definition) is 5. The minimum absolute atomic E-state index is 0.0565. The van der Waals surface area contributed by atoms with E-state index < -0.39 is 5.60 Å². The number of benzene rings is 2. The number of carbonyl (C=O) groups is 2. The monoisotopic (exact) mass is 433 g/mol. The molecule has 2 amide bonds. The number of ether oxygens (including phenoxy) is 1. The molecule has 4 rings (SSSR count). The van der Waals surface area contributed by atoms with Crippen LogP contribution in [0.5, 0.6) is 0 Å². The molecular weight excluding hydrogens is 406 g/mol. The molecule has 0 aliphatic carbocycles. The van der Waals surface area contributed by atoms with Crippen LogP contribution < -0.4 is 5.32 Å². The van der Waals surface area contributed by atoms with Gasteiger partial charge in [-0.3, -0.25) is 14.7 Å². The van der Waals surface area contributed by atoms with Gasteiger partial charge in [-0.1, -0.05) is 54.6 Å². The molecule has 2 N–H and O–H groups in total. The molecule has 2 aromatic carbocycles. The molecule has 2 heterocycles. The van der Waals surface area contributed by atoms with E-state index in [0.717, 1.165) is 16.7 Å². The predicted octanol–water partition coefficient (Wildman–Crippen LogP) is 2.45. The van der Waals surface area contributed by atoms with Crippen LogP contribution in [-0.2, 0) is 16.0 Å². The highest BCUT2D eigenvalue weighted by molar-refractivity contribution is 5.92. The SMILES string of the molecule is CC(C)NC(=O)[C@]1(Cc2cccc(-c3ccccc3)c2)CN(C(=O)c2ncn[nH]2)CCO1. The van der Waals surface area contributed by atoms with Crippen molar-refractivity contribution >= 4 is 11.8 Å². The first-order chi connectivity index (χ1) is 15.5. The Kier molecular flexibility index (Phi) is 6.32. The first-order valence-corrected chi connectivity index (χ1v) is 10.7. The second-order valence-electron chi connectivity index (χ2n) is 8.27. The summed E-state index contributed by atoms with van der Waals surface area (Å²) in [6.45, 7) is 4.56. The highest BCUT2D eigenvalue weighted by Crippen LogP contribution is 2.27. The molecule has 0 saturated carbocycles. The van der Waals surface area contributed by atoms with E-state index >= 15 is 0 Å². The number of carbonyl (C=O) groups excluding carboxylic acids is 2. The van der Waals surface area contributed by atoms with Crippen molar-refractivity contribution in [3.63, 3.8) is 0 Å². The van der Waals surface area contributed by atoms with Crippen molar-refractivity contribution in [3.8, 4) is 11.1 Å². The van der Waals surface area contributed by atoms with Crippen molar-refractivity contribution < 1.29 is 14.3 Å². The van der Waals surface area contributed by atoms with Crippen LogP contribution in [0.1, 0.15) is 30.0 Å². The largest absolute Gasteiger partial charge is 0.361 e. The van der Waals surface area contributed by atoms with E-state index in [-0.39, 0.29) is 36.8 Å². The number of aromatic nitrogens is 3. The fraction of sp³-hybridized carbons (Fsp3) is 0.333. The fourth-order valence-electron chi connectivity index (χ4n) is 3.96. The molecule has 0 radical (unpaired) electrons. The summed E-state index contributed by atoms with van der Waals surface area (Å²) in [5.41, 5.74) is 1.92. The van der Waals surface area contributed by atoms with Gasteiger partial charge in [0.2, 0.25) is 5.82 Å². The number of nitrogens with zero attached hydrogens (tertiary/aromatic N) is 3. The van der Waals surface area contributed by atoms with Gasteiger partial charge in [0.25, 0.3) is 11.8 Å². The number of rotatable bonds is 6. The van der Waals surface area contributed by atoms with Crippen molar-refractivity contribution in [3.05, 3.63) is 72.3 Å². The van der Waals surface area contributed by atoms with Crippen molar-refractivity contribution in [1.82, 2.24) is 25.4 Å². The maximum Gasteiger partial charge on any atom is 0.291 e. The minimum Gasteiger partial charge on any atom is -0.361 e. The van der Waals surface area contributed by atoms with E-state index in [9.17, 15) is 9.59 Å². The molecule has 3 aromatic rings. The topological polar surface area (TPSA) is 100 Å². The van der Waals surface area contributed by atoms with Crippen molar-refractivity contribution in [2.45, 2.75) is 31.9 Å². The van der Waals surface area contributed by atoms with E-state index in [1.54, 1.807) is 4.90 Å². The first-order valence-electron chi connectivity index (χ1n) is 10.7. The lowest BCUT2D eigenvalue weighted by Gasteiger charge is -2.41. The quantitative estimate of drug-likeness (QED) is 0.622. The van der Waals surface area contributed by atoms with Crippen molar-refractivity contribution in [1.29, 1.82) is 0 Å². The number of H-pyrrole nitrogens is 1. The van der Waals surface area contributed by atoms with Gasteiger partial charge in [-0.25, -0.2) is 4.98 Å². The lowest BCUT2D eigenvalue weighted by atomic mass is 9.89. The van der Waals surface area contributed by atoms with Gasteiger partial charge in [0.05, 0.1) is 13.2 Å². The number of amides is 2. The molecule has 1 aromatic heterocycles. The second kappa shape index (κ2) is 9.32. The van der Waals surface area contributed by atoms with Gasteiger partial charge in [-0.2, -0.15) is 5.10 Å². The summed E-state index contributed by atoms with van der Waals surface area (Å²) in [5, 5.41) is 9.34. The van der Waals surface area contributed by atoms with E-state index in [4.69, 9.17) is 4.74 Å². The standard InChI is InChI=1S/C24H27N5O3/c1-17(2)27-23(31)24(15-29(11-12-32-24)22(30)21-25-16-26-28-21)14-18-7-6-10-20(13-18)19-8-4-3-5-9-19/h3-10,13,16-17H,11-12,14-15H2,1-2H3,(H,27,31)(H,25,26,28)/t24-/m0/s1. The van der Waals surface area contributed by atoms with Gasteiger partial charge in [-0.15, -0.1) is 0 Å². The third-order valence-corrected chi connectivity index (χ3v) is 5.45. The van der Waals surface area contributed by atoms with Crippen LogP contribution in [0.2, 0.25) is 0 Å². The average Bonchev–Trinajstić information content (AvgIpc) is 3.34. The summed E-state index contributed by atoms with van der Waals surface area (Å²) >= 11 is 0. The number of nitrogens with one attached hydrogen (secondary N) is 2. The maximum atomic E-state index is 13.3. The summed E-state index contributed by atoms with van der Waals surface area (Å²) in [4.78, 5) is 31.8. The Morgan fingerprint density at radius 1 is 1.16 bits per heavy atom. The van der Waals surface area contributed by atoms with Gasteiger partial charge in [-0.05, 0) is 30.5 Å². The van der Waals surface area contributed by atoms with E-state index in [0.29, 0.717) is 13.0 Å². The third kappa shape index (κ3) is 4.70. The van der Waals surface area contributed by atoms with E-state index in [1.165, 1.54) is 6.33 Å². The molecule has 32 heavy (non-hydrogen) atoms. The van der Waals surface area contributed by atoms with Crippen LogP contribution in [0.25, 0.3) is 11.1 Å². The Balaban J connectivity index is 1.64.